The molecule has 0 saturated heterocycles. The van der Waals surface area contributed by atoms with Gasteiger partial charge in [0.05, 0.1) is 17.7 Å². The summed E-state index contributed by atoms with van der Waals surface area (Å²) in [5.74, 6) is 0. The fraction of sp³-hybridized carbons (Fsp3) is 0.227. The Kier molecular flexibility index (Phi) is 3.50. The zero-order chi connectivity index (χ0) is 16.7. The summed E-state index contributed by atoms with van der Waals surface area (Å²) >= 11 is 0. The topological polar surface area (TPSA) is 27.0 Å². The number of allylic oxidation sites excluding steroid dienone is 1. The summed E-state index contributed by atoms with van der Waals surface area (Å²) in [7, 11) is 2.14. The molecule has 1 heterocycles. The van der Waals surface area contributed by atoms with E-state index in [2.05, 4.69) is 67.4 Å². The highest BCUT2D eigenvalue weighted by Gasteiger charge is 2.25. The highest BCUT2D eigenvalue weighted by Crippen LogP contribution is 2.39. The molecule has 2 aliphatic rings. The van der Waals surface area contributed by atoms with Crippen molar-refractivity contribution < 1.29 is 0 Å². The predicted octanol–water partition coefficient (Wildman–Crippen LogP) is 4.90. The van der Waals surface area contributed by atoms with E-state index in [4.69, 9.17) is 0 Å². The van der Waals surface area contributed by atoms with Crippen molar-refractivity contribution in [3.63, 3.8) is 0 Å². The number of rotatable bonds is 1. The molecule has 2 aromatic rings. The summed E-state index contributed by atoms with van der Waals surface area (Å²) in [5, 5.41) is 9.21. The van der Waals surface area contributed by atoms with Crippen LogP contribution in [0.3, 0.4) is 0 Å². The molecule has 0 amide bonds. The van der Waals surface area contributed by atoms with Gasteiger partial charge in [-0.25, -0.2) is 0 Å². The maximum atomic E-state index is 9.21. The first-order valence-corrected chi connectivity index (χ1v) is 8.46. The zero-order valence-corrected chi connectivity index (χ0v) is 14.1. The molecule has 118 valence electrons. The van der Waals surface area contributed by atoms with Gasteiger partial charge in [-0.1, -0.05) is 30.4 Å². The molecule has 2 nitrogen and oxygen atoms in total. The number of hydrogen-bond acceptors (Lipinski definition) is 2. The van der Waals surface area contributed by atoms with Gasteiger partial charge in [0.1, 0.15) is 0 Å². The maximum absolute atomic E-state index is 9.21. The van der Waals surface area contributed by atoms with Crippen LogP contribution in [0.4, 0.5) is 5.69 Å². The van der Waals surface area contributed by atoms with E-state index < -0.39 is 0 Å². The quantitative estimate of drug-likeness (QED) is 0.749. The van der Waals surface area contributed by atoms with Gasteiger partial charge in [0.15, 0.2) is 0 Å². The third-order valence-electron chi connectivity index (χ3n) is 5.26. The lowest BCUT2D eigenvalue weighted by Gasteiger charge is -2.35. The lowest BCUT2D eigenvalue weighted by molar-refractivity contribution is 0.830. The Morgan fingerprint density at radius 2 is 2.04 bits per heavy atom. The van der Waals surface area contributed by atoms with Gasteiger partial charge in [-0.15, -0.1) is 0 Å². The Morgan fingerprint density at radius 1 is 1.17 bits per heavy atom. The monoisotopic (exact) mass is 312 g/mol. The Balaban J connectivity index is 1.91. The molecule has 0 N–H and O–H groups in total. The van der Waals surface area contributed by atoms with Crippen molar-refractivity contribution in [1.29, 1.82) is 5.26 Å². The third-order valence-corrected chi connectivity index (χ3v) is 5.26. The maximum Gasteiger partial charge on any atom is 0.0991 e. The minimum Gasteiger partial charge on any atom is -0.367 e. The van der Waals surface area contributed by atoms with Crippen LogP contribution in [0.2, 0.25) is 0 Å². The molecular weight excluding hydrogens is 292 g/mol. The first kappa shape index (κ1) is 14.8. The van der Waals surface area contributed by atoms with Crippen LogP contribution < -0.4 is 4.90 Å². The normalized spacial score (nSPS) is 18.5. The summed E-state index contributed by atoms with van der Waals surface area (Å²) in [4.78, 5) is 2.31. The van der Waals surface area contributed by atoms with E-state index in [9.17, 15) is 5.26 Å². The van der Waals surface area contributed by atoms with E-state index in [1.165, 1.54) is 28.0 Å². The lowest BCUT2D eigenvalue weighted by Crippen LogP contribution is -2.33. The summed E-state index contributed by atoms with van der Waals surface area (Å²) < 4.78 is 0. The van der Waals surface area contributed by atoms with Crippen LogP contribution in [-0.2, 0) is 6.42 Å². The highest BCUT2D eigenvalue weighted by atomic mass is 15.1. The van der Waals surface area contributed by atoms with E-state index >= 15 is 0 Å². The van der Waals surface area contributed by atoms with E-state index in [-0.39, 0.29) is 0 Å². The molecule has 0 fully saturated rings. The molecule has 1 aliphatic heterocycles. The van der Waals surface area contributed by atoms with Gasteiger partial charge in [0.25, 0.3) is 0 Å². The van der Waals surface area contributed by atoms with Gasteiger partial charge >= 0.3 is 0 Å². The molecule has 1 unspecified atom stereocenters. The largest absolute Gasteiger partial charge is 0.367 e. The van der Waals surface area contributed by atoms with Crippen LogP contribution >= 0.6 is 0 Å². The average molecular weight is 312 g/mol. The van der Waals surface area contributed by atoms with Gasteiger partial charge in [-0.3, -0.25) is 0 Å². The smallest absolute Gasteiger partial charge is 0.0991 e. The molecular formula is C22H20N2. The second-order valence-electron chi connectivity index (χ2n) is 6.59. The molecule has 24 heavy (non-hydrogen) atoms. The van der Waals surface area contributed by atoms with E-state index in [0.717, 1.165) is 18.4 Å². The van der Waals surface area contributed by atoms with Crippen LogP contribution in [0.25, 0.3) is 17.7 Å². The Morgan fingerprint density at radius 3 is 2.88 bits per heavy atom. The van der Waals surface area contributed by atoms with Crippen LogP contribution in [-0.4, -0.2) is 13.1 Å². The standard InChI is InChI=1S/C22H20N2/c1-15-21(20-9-5-7-17-6-3-4-8-19(17)20)13-18-12-16(14-23)10-11-22(18)24(15)2/h3,5-7,9-13,15H,4,8H2,1-2H3. The van der Waals surface area contributed by atoms with Crippen molar-refractivity contribution in [3.05, 3.63) is 70.3 Å². The Hall–Kier alpha value is -2.79. The Labute approximate surface area is 143 Å². The number of anilines is 1. The summed E-state index contributed by atoms with van der Waals surface area (Å²) in [6, 6.07) is 15.1. The molecule has 0 aromatic heterocycles. The molecule has 1 aliphatic carbocycles. The lowest BCUT2D eigenvalue weighted by atomic mass is 9.84. The van der Waals surface area contributed by atoms with Crippen LogP contribution in [0.5, 0.6) is 0 Å². The van der Waals surface area contributed by atoms with Crippen LogP contribution in [0.15, 0.2) is 42.5 Å². The number of fused-ring (bicyclic) bond motifs is 2. The highest BCUT2D eigenvalue weighted by molar-refractivity contribution is 5.94. The van der Waals surface area contributed by atoms with Crippen molar-refractivity contribution in [2.24, 2.45) is 0 Å². The first-order valence-electron chi connectivity index (χ1n) is 8.46. The zero-order valence-electron chi connectivity index (χ0n) is 14.1. The minimum atomic E-state index is 0.308. The van der Waals surface area contributed by atoms with Gasteiger partial charge in [0, 0.05) is 12.7 Å². The molecule has 0 radical (unpaired) electrons. The van der Waals surface area contributed by atoms with E-state index in [1.54, 1.807) is 0 Å². The summed E-state index contributed by atoms with van der Waals surface area (Å²) in [6.07, 6.45) is 8.97. The van der Waals surface area contributed by atoms with Gasteiger partial charge < -0.3 is 4.90 Å². The van der Waals surface area contributed by atoms with Crippen LogP contribution in [0.1, 0.15) is 41.2 Å². The average Bonchev–Trinajstić information content (AvgIpc) is 2.64. The fourth-order valence-electron chi connectivity index (χ4n) is 3.82. The molecule has 0 spiro atoms. The fourth-order valence-corrected chi connectivity index (χ4v) is 3.82. The Bertz CT molecular complexity index is 912. The predicted molar refractivity (Wildman–Crippen MR) is 101 cm³/mol. The molecule has 0 bridgehead atoms. The number of benzene rings is 2. The van der Waals surface area contributed by atoms with Crippen molar-refractivity contribution in [2.45, 2.75) is 25.8 Å². The SMILES string of the molecule is CC1C(c2cccc3c2CCC=C3)=Cc2cc(C#N)ccc2N1C. The number of nitriles is 1. The minimum absolute atomic E-state index is 0.308. The third kappa shape index (κ3) is 2.25. The van der Waals surface area contributed by atoms with Gasteiger partial charge in [0.2, 0.25) is 0 Å². The van der Waals surface area contributed by atoms with E-state index in [1.807, 2.05) is 12.1 Å². The first-order chi connectivity index (χ1) is 11.7. The molecule has 1 atom stereocenters. The van der Waals surface area contributed by atoms with E-state index in [0.29, 0.717) is 11.6 Å². The van der Waals surface area contributed by atoms with Crippen molar-refractivity contribution in [3.8, 4) is 6.07 Å². The van der Waals surface area contributed by atoms with Gasteiger partial charge in [-0.05, 0) is 71.9 Å². The molecule has 0 saturated carbocycles. The molecule has 4 rings (SSSR count). The molecule has 2 heteroatoms. The number of nitrogens with zero attached hydrogens (tertiary/aromatic N) is 2. The second-order valence-corrected chi connectivity index (χ2v) is 6.59. The van der Waals surface area contributed by atoms with Crippen molar-refractivity contribution in [1.82, 2.24) is 0 Å². The summed E-state index contributed by atoms with van der Waals surface area (Å²) in [5.41, 5.74) is 8.52. The second kappa shape index (κ2) is 5.69. The van der Waals surface area contributed by atoms with Gasteiger partial charge in [-0.2, -0.15) is 5.26 Å². The number of hydrogen-bond donors (Lipinski definition) is 0. The van der Waals surface area contributed by atoms with Crippen molar-refractivity contribution in [2.75, 3.05) is 11.9 Å². The molecule has 2 aromatic carbocycles. The van der Waals surface area contributed by atoms with Crippen LogP contribution in [0, 0.1) is 11.3 Å². The number of likely N-dealkylation sites (N-methyl/N-ethyl adjacent to an activating group) is 1. The van der Waals surface area contributed by atoms with Crippen molar-refractivity contribution >= 4 is 23.4 Å². The summed E-state index contributed by atoms with van der Waals surface area (Å²) in [6.45, 7) is 2.25.